The van der Waals surface area contributed by atoms with Gasteiger partial charge in [-0.1, -0.05) is 12.5 Å². The van der Waals surface area contributed by atoms with Crippen LogP contribution in [0.15, 0.2) is 53.5 Å². The first-order valence-corrected chi connectivity index (χ1v) is 9.51. The molecule has 0 atom stereocenters. The Bertz CT molecular complexity index is 962. The van der Waals surface area contributed by atoms with E-state index >= 15 is 0 Å². The molecule has 0 bridgehead atoms. The summed E-state index contributed by atoms with van der Waals surface area (Å²) in [5.41, 5.74) is -0.469. The van der Waals surface area contributed by atoms with Crippen molar-refractivity contribution >= 4 is 40.0 Å². The van der Waals surface area contributed by atoms with Gasteiger partial charge in [0.05, 0.1) is 17.0 Å². The van der Waals surface area contributed by atoms with Gasteiger partial charge in [-0.05, 0) is 43.2 Å². The highest BCUT2D eigenvalue weighted by Gasteiger charge is 2.31. The van der Waals surface area contributed by atoms with Crippen LogP contribution in [0.1, 0.15) is 41.6 Å². The zero-order chi connectivity index (χ0) is 21.7. The van der Waals surface area contributed by atoms with Crippen molar-refractivity contribution in [1.82, 2.24) is 0 Å². The number of alkyl halides is 3. The Hall–Kier alpha value is -2.75. The van der Waals surface area contributed by atoms with Crippen LogP contribution < -0.4 is 4.90 Å². The van der Waals surface area contributed by atoms with Crippen molar-refractivity contribution in [1.29, 1.82) is 0 Å². The topological polar surface area (TPSA) is 75.8 Å². The third-order valence-corrected chi connectivity index (χ3v) is 4.85. The Morgan fingerprint density at radius 2 is 1.81 bits per heavy atom. The molecule has 1 heterocycles. The molecule has 1 aliphatic rings. The largest absolute Gasteiger partial charge is 0.416 e. The van der Waals surface area contributed by atoms with Crippen LogP contribution in [-0.4, -0.2) is 29.6 Å². The van der Waals surface area contributed by atoms with E-state index in [0.717, 1.165) is 31.4 Å². The summed E-state index contributed by atoms with van der Waals surface area (Å²) < 4.78 is 39.6. The Morgan fingerprint density at radius 1 is 1.10 bits per heavy atom. The van der Waals surface area contributed by atoms with Gasteiger partial charge in [-0.2, -0.15) is 13.2 Å². The van der Waals surface area contributed by atoms with Gasteiger partial charge in [-0.15, -0.1) is 17.0 Å². The summed E-state index contributed by atoms with van der Waals surface area (Å²) in [5.74, 6) is 0.205. The van der Waals surface area contributed by atoms with E-state index in [4.69, 9.17) is 0 Å². The number of carbonyl (C=O) groups is 1. The Kier molecular flexibility index (Phi) is 8.32. The molecule has 6 nitrogen and oxygen atoms in total. The van der Waals surface area contributed by atoms with E-state index in [1.807, 2.05) is 0 Å². The summed E-state index contributed by atoms with van der Waals surface area (Å²) in [5, 5.41) is 10.8. The van der Waals surface area contributed by atoms with Gasteiger partial charge >= 0.3 is 6.18 Å². The number of carbonyl (C=O) groups excluding carboxylic acids is 1. The average molecular weight is 500 g/mol. The van der Waals surface area contributed by atoms with E-state index in [-0.39, 0.29) is 46.2 Å². The third kappa shape index (κ3) is 6.36. The maximum Gasteiger partial charge on any atom is 0.416 e. The fraction of sp³-hybridized carbons (Fsp3) is 0.333. The number of nitrogens with zero attached hydrogens (tertiary/aromatic N) is 3. The second-order valence-corrected chi connectivity index (χ2v) is 6.97. The first-order valence-electron chi connectivity index (χ1n) is 9.51. The Morgan fingerprint density at radius 3 is 2.45 bits per heavy atom. The number of benzene rings is 2. The van der Waals surface area contributed by atoms with Gasteiger partial charge < -0.3 is 4.90 Å². The number of rotatable bonds is 5. The molecule has 3 rings (SSSR count). The van der Waals surface area contributed by atoms with Gasteiger partial charge in [0, 0.05) is 36.3 Å². The van der Waals surface area contributed by atoms with Crippen LogP contribution >= 0.6 is 17.0 Å². The summed E-state index contributed by atoms with van der Waals surface area (Å²) in [6.07, 6.45) is -1.27. The second-order valence-electron chi connectivity index (χ2n) is 6.97. The molecule has 0 aromatic heterocycles. The monoisotopic (exact) mass is 499 g/mol. The molecule has 0 aliphatic carbocycles. The number of nitro groups is 1. The zero-order valence-electron chi connectivity index (χ0n) is 16.5. The van der Waals surface area contributed by atoms with E-state index in [2.05, 4.69) is 4.99 Å². The van der Waals surface area contributed by atoms with Gasteiger partial charge in [0.25, 0.3) is 5.69 Å². The predicted octanol–water partition coefficient (Wildman–Crippen LogP) is 5.85. The first kappa shape index (κ1) is 24.5. The number of non-ortho nitro benzene ring substituents is 1. The van der Waals surface area contributed by atoms with Gasteiger partial charge in [0.2, 0.25) is 0 Å². The number of ketones is 1. The molecule has 0 amide bonds. The van der Waals surface area contributed by atoms with Crippen molar-refractivity contribution in [2.45, 2.75) is 31.9 Å². The molecule has 1 aliphatic heterocycles. The molecule has 2 aromatic carbocycles. The first-order chi connectivity index (χ1) is 14.3. The normalized spacial score (nSPS) is 14.1. The highest BCUT2D eigenvalue weighted by molar-refractivity contribution is 8.93. The van der Waals surface area contributed by atoms with Crippen molar-refractivity contribution in [3.05, 3.63) is 69.8 Å². The van der Waals surface area contributed by atoms with Crippen LogP contribution in [0.3, 0.4) is 0 Å². The van der Waals surface area contributed by atoms with E-state index in [0.29, 0.717) is 18.8 Å². The van der Waals surface area contributed by atoms with Gasteiger partial charge in [0.15, 0.2) is 5.78 Å². The van der Waals surface area contributed by atoms with Crippen molar-refractivity contribution in [3.8, 4) is 0 Å². The van der Waals surface area contributed by atoms with Crippen LogP contribution in [0.5, 0.6) is 0 Å². The molecule has 0 N–H and O–H groups in total. The standard InChI is InChI=1S/C21H20F3N3O3.BrH/c22-21(23,24)16-5-4-6-18(13-16)26(20-7-2-1-3-12-25-20)14-19(28)15-8-10-17(11-9-15)27(29)30;/h4-6,8-11,13H,1-3,7,12,14H2;1H. The van der Waals surface area contributed by atoms with Gasteiger partial charge in [-0.25, -0.2) is 0 Å². The maximum absolute atomic E-state index is 13.2. The number of hydrogen-bond donors (Lipinski definition) is 0. The highest BCUT2D eigenvalue weighted by atomic mass is 79.9. The van der Waals surface area contributed by atoms with Crippen LogP contribution in [0.4, 0.5) is 24.5 Å². The van der Waals surface area contributed by atoms with E-state index < -0.39 is 16.7 Å². The lowest BCUT2D eigenvalue weighted by molar-refractivity contribution is -0.384. The van der Waals surface area contributed by atoms with Crippen LogP contribution in [-0.2, 0) is 6.18 Å². The molecule has 0 fully saturated rings. The minimum Gasteiger partial charge on any atom is -0.322 e. The molecule has 0 unspecified atom stereocenters. The van der Waals surface area contributed by atoms with Gasteiger partial charge in [0.1, 0.15) is 5.84 Å². The molecule has 0 radical (unpaired) electrons. The lowest BCUT2D eigenvalue weighted by Gasteiger charge is -2.26. The van der Waals surface area contributed by atoms with Crippen molar-refractivity contribution < 1.29 is 22.9 Å². The number of aliphatic imine (C=N–C) groups is 1. The van der Waals surface area contributed by atoms with E-state index in [1.165, 1.54) is 41.3 Å². The second kappa shape index (κ2) is 10.5. The Labute approximate surface area is 187 Å². The average Bonchev–Trinajstić information content (AvgIpc) is 3.01. The fourth-order valence-corrected chi connectivity index (χ4v) is 3.26. The summed E-state index contributed by atoms with van der Waals surface area (Å²) in [7, 11) is 0. The fourth-order valence-electron chi connectivity index (χ4n) is 3.26. The predicted molar refractivity (Wildman–Crippen MR) is 117 cm³/mol. The number of amidine groups is 1. The molecule has 166 valence electrons. The molecule has 0 saturated heterocycles. The minimum absolute atomic E-state index is 0. The quantitative estimate of drug-likeness (QED) is 0.293. The number of hydrogen-bond acceptors (Lipinski definition) is 5. The number of anilines is 1. The van der Waals surface area contributed by atoms with Crippen LogP contribution in [0.25, 0.3) is 0 Å². The molecule has 0 saturated carbocycles. The summed E-state index contributed by atoms with van der Waals surface area (Å²) >= 11 is 0. The van der Waals surface area contributed by atoms with Gasteiger partial charge in [-0.3, -0.25) is 19.9 Å². The van der Waals surface area contributed by atoms with E-state index in [1.54, 1.807) is 0 Å². The third-order valence-electron chi connectivity index (χ3n) is 4.85. The molecule has 31 heavy (non-hydrogen) atoms. The lowest BCUT2D eigenvalue weighted by Crippen LogP contribution is -2.36. The molecular formula is C21H21BrF3N3O3. The number of halogens is 4. The summed E-state index contributed by atoms with van der Waals surface area (Å²) in [6.45, 7) is 0.342. The highest BCUT2D eigenvalue weighted by Crippen LogP contribution is 2.32. The molecule has 10 heteroatoms. The van der Waals surface area contributed by atoms with Crippen molar-refractivity contribution in [2.24, 2.45) is 4.99 Å². The SMILES string of the molecule is Br.O=C(CN(C1=NCCCCC1)c1cccc(C(F)(F)F)c1)c1ccc([N+](=O)[O-])cc1. The molecule has 0 spiro atoms. The van der Waals surface area contributed by atoms with Crippen LogP contribution in [0.2, 0.25) is 0 Å². The Balaban J connectivity index is 0.00000341. The van der Waals surface area contributed by atoms with Crippen molar-refractivity contribution in [3.63, 3.8) is 0 Å². The maximum atomic E-state index is 13.2. The number of Topliss-reactive ketones (excluding diaryl/α,β-unsaturated/α-hetero) is 1. The molecule has 2 aromatic rings. The summed E-state index contributed by atoms with van der Waals surface area (Å²) in [6, 6.07) is 9.96. The number of nitro benzene ring substituents is 1. The smallest absolute Gasteiger partial charge is 0.322 e. The van der Waals surface area contributed by atoms with Crippen LogP contribution in [0, 0.1) is 10.1 Å². The lowest BCUT2D eigenvalue weighted by atomic mass is 10.1. The summed E-state index contributed by atoms with van der Waals surface area (Å²) in [4.78, 5) is 29.1. The van der Waals surface area contributed by atoms with Crippen molar-refractivity contribution in [2.75, 3.05) is 18.0 Å². The minimum atomic E-state index is -4.50. The van der Waals surface area contributed by atoms with E-state index in [9.17, 15) is 28.1 Å². The molecular weight excluding hydrogens is 479 g/mol. The zero-order valence-corrected chi connectivity index (χ0v) is 18.2.